The maximum atomic E-state index is 12.4. The molecule has 0 fully saturated rings. The first-order valence-electron chi connectivity index (χ1n) is 5.92. The van der Waals surface area contributed by atoms with Crippen molar-refractivity contribution in [1.82, 2.24) is 4.98 Å². The molecule has 110 valence electrons. The fraction of sp³-hybridized carbons (Fsp3) is 0.0833. The lowest BCUT2D eigenvalue weighted by Gasteiger charge is -2.12. The Morgan fingerprint density at radius 1 is 1.24 bits per heavy atom. The molecule has 2 rings (SSSR count). The second-order valence-corrected chi connectivity index (χ2v) is 5.77. The third kappa shape index (κ3) is 3.51. The normalized spacial score (nSPS) is 11.0. The number of ether oxygens (including phenoxy) is 1. The minimum absolute atomic E-state index is 0.0516. The Kier molecular flexibility index (Phi) is 4.46. The van der Waals surface area contributed by atoms with Gasteiger partial charge in [0.1, 0.15) is 4.90 Å². The highest BCUT2D eigenvalue weighted by Crippen LogP contribution is 2.22. The number of pyridine rings is 1. The van der Waals surface area contributed by atoms with Gasteiger partial charge in [-0.3, -0.25) is 4.72 Å². The van der Waals surface area contributed by atoms with Crippen molar-refractivity contribution in [3.05, 3.63) is 42.6 Å². The van der Waals surface area contributed by atoms with Gasteiger partial charge in [-0.15, -0.1) is 0 Å². The van der Waals surface area contributed by atoms with Crippen molar-refractivity contribution in [3.63, 3.8) is 0 Å². The summed E-state index contributed by atoms with van der Waals surface area (Å²) in [5.41, 5.74) is 0.318. The Balaban J connectivity index is 2.45. The van der Waals surface area contributed by atoms with Gasteiger partial charge in [0, 0.05) is 17.3 Å². The lowest BCUT2D eigenvalue weighted by molar-refractivity contribution is 0.385. The van der Waals surface area contributed by atoms with E-state index >= 15 is 0 Å². The lowest BCUT2D eigenvalue weighted by atomic mass is 9.82. The molecule has 0 atom stereocenters. The van der Waals surface area contributed by atoms with Crippen molar-refractivity contribution in [1.29, 1.82) is 0 Å². The maximum Gasteiger partial charge on any atom is 0.490 e. The molecule has 3 N–H and O–H groups in total. The Labute approximate surface area is 122 Å². The standard InChI is InChI=1S/C12H13BN2O5S/c1-20-12-11(7-9(8-14-12)13(16)17)21(18,19)15-10-5-3-2-4-6-10/h2-8,15-17H,1H3. The van der Waals surface area contributed by atoms with E-state index in [4.69, 9.17) is 14.8 Å². The number of nitrogens with one attached hydrogen (secondary N) is 1. The number of para-hydroxylation sites is 1. The number of sulfonamides is 1. The van der Waals surface area contributed by atoms with E-state index in [1.165, 1.54) is 7.11 Å². The SMILES string of the molecule is COc1ncc(B(O)O)cc1S(=O)(=O)Nc1ccccc1. The first kappa shape index (κ1) is 15.3. The molecule has 0 spiro atoms. The molecule has 0 saturated heterocycles. The van der Waals surface area contributed by atoms with Crippen molar-refractivity contribution in [2.45, 2.75) is 4.90 Å². The molecular weight excluding hydrogens is 295 g/mol. The third-order valence-corrected chi connectivity index (χ3v) is 4.02. The van der Waals surface area contributed by atoms with Gasteiger partial charge in [0.05, 0.1) is 7.11 Å². The van der Waals surface area contributed by atoms with Gasteiger partial charge in [0.15, 0.2) is 0 Å². The lowest BCUT2D eigenvalue weighted by Crippen LogP contribution is -2.31. The number of methoxy groups -OCH3 is 1. The molecule has 0 aliphatic heterocycles. The van der Waals surface area contributed by atoms with E-state index in [0.29, 0.717) is 5.69 Å². The minimum atomic E-state index is -3.97. The molecule has 2 aromatic rings. The summed E-state index contributed by atoms with van der Waals surface area (Å²) in [6.45, 7) is 0. The zero-order valence-electron chi connectivity index (χ0n) is 11.1. The molecule has 7 nitrogen and oxygen atoms in total. The molecule has 1 aromatic carbocycles. The van der Waals surface area contributed by atoms with E-state index in [1.54, 1.807) is 30.3 Å². The van der Waals surface area contributed by atoms with Gasteiger partial charge in [-0.05, 0) is 18.2 Å². The molecule has 0 saturated carbocycles. The highest BCUT2D eigenvalue weighted by atomic mass is 32.2. The largest absolute Gasteiger partial charge is 0.490 e. The third-order valence-electron chi connectivity index (χ3n) is 2.65. The molecule has 1 heterocycles. The maximum absolute atomic E-state index is 12.4. The van der Waals surface area contributed by atoms with Gasteiger partial charge in [0.2, 0.25) is 5.88 Å². The number of nitrogens with zero attached hydrogens (tertiary/aromatic N) is 1. The van der Waals surface area contributed by atoms with Crippen LogP contribution in [0.5, 0.6) is 5.88 Å². The highest BCUT2D eigenvalue weighted by molar-refractivity contribution is 7.92. The Bertz CT molecular complexity index is 722. The summed E-state index contributed by atoms with van der Waals surface area (Å²) in [4.78, 5) is 3.49. The van der Waals surface area contributed by atoms with Crippen LogP contribution in [0.15, 0.2) is 47.5 Å². The van der Waals surface area contributed by atoms with Gasteiger partial charge in [0.25, 0.3) is 10.0 Å². The molecule has 0 aliphatic rings. The van der Waals surface area contributed by atoms with Crippen molar-refractivity contribution >= 4 is 28.3 Å². The summed E-state index contributed by atoms with van der Waals surface area (Å²) in [7, 11) is -4.52. The van der Waals surface area contributed by atoms with Crippen molar-refractivity contribution in [2.24, 2.45) is 0 Å². The number of hydrogen-bond acceptors (Lipinski definition) is 6. The highest BCUT2D eigenvalue weighted by Gasteiger charge is 2.24. The molecule has 1 aromatic heterocycles. The molecule has 21 heavy (non-hydrogen) atoms. The average molecular weight is 308 g/mol. The molecule has 0 radical (unpaired) electrons. The van der Waals surface area contributed by atoms with Crippen LogP contribution in [0.25, 0.3) is 0 Å². The molecular formula is C12H13BN2O5S. The van der Waals surface area contributed by atoms with E-state index in [2.05, 4.69) is 9.71 Å². The second-order valence-electron chi connectivity index (χ2n) is 4.12. The monoisotopic (exact) mass is 308 g/mol. The Hall–Kier alpha value is -2.10. The summed E-state index contributed by atoms with van der Waals surface area (Å²) in [5.74, 6) is -0.136. The Morgan fingerprint density at radius 2 is 1.90 bits per heavy atom. The number of aromatic nitrogens is 1. The summed E-state index contributed by atoms with van der Waals surface area (Å²) in [6.07, 6.45) is 1.13. The average Bonchev–Trinajstić information content (AvgIpc) is 2.47. The summed E-state index contributed by atoms with van der Waals surface area (Å²) >= 11 is 0. The quantitative estimate of drug-likeness (QED) is 0.647. The van der Waals surface area contributed by atoms with Crippen LogP contribution < -0.4 is 14.9 Å². The van der Waals surface area contributed by atoms with Gasteiger partial charge >= 0.3 is 7.12 Å². The number of benzene rings is 1. The van der Waals surface area contributed by atoms with Crippen LogP contribution in [0, 0.1) is 0 Å². The summed E-state index contributed by atoms with van der Waals surface area (Å²) in [5, 5.41) is 18.3. The molecule has 0 unspecified atom stereocenters. The van der Waals surface area contributed by atoms with E-state index < -0.39 is 17.1 Å². The minimum Gasteiger partial charge on any atom is -0.480 e. The Morgan fingerprint density at radius 3 is 2.48 bits per heavy atom. The van der Waals surface area contributed by atoms with E-state index in [-0.39, 0.29) is 16.2 Å². The van der Waals surface area contributed by atoms with Crippen LogP contribution in [-0.4, -0.2) is 37.7 Å². The number of anilines is 1. The topological polar surface area (TPSA) is 109 Å². The number of rotatable bonds is 5. The first-order chi connectivity index (χ1) is 9.94. The molecule has 9 heteroatoms. The molecule has 0 amide bonds. The first-order valence-corrected chi connectivity index (χ1v) is 7.40. The fourth-order valence-electron chi connectivity index (χ4n) is 1.65. The number of hydrogen-bond donors (Lipinski definition) is 3. The fourth-order valence-corrected chi connectivity index (χ4v) is 2.86. The van der Waals surface area contributed by atoms with Crippen molar-refractivity contribution in [2.75, 3.05) is 11.8 Å². The van der Waals surface area contributed by atoms with Crippen LogP contribution in [0.3, 0.4) is 0 Å². The zero-order valence-corrected chi connectivity index (χ0v) is 11.9. The van der Waals surface area contributed by atoms with E-state index in [0.717, 1.165) is 12.3 Å². The summed E-state index contributed by atoms with van der Waals surface area (Å²) in [6, 6.07) is 9.39. The van der Waals surface area contributed by atoms with E-state index in [1.807, 2.05) is 0 Å². The smallest absolute Gasteiger partial charge is 0.480 e. The van der Waals surface area contributed by atoms with Crippen LogP contribution in [0.1, 0.15) is 0 Å². The van der Waals surface area contributed by atoms with Crippen molar-refractivity contribution in [3.8, 4) is 5.88 Å². The second kappa shape index (κ2) is 6.12. The zero-order chi connectivity index (χ0) is 15.5. The van der Waals surface area contributed by atoms with E-state index in [9.17, 15) is 8.42 Å². The van der Waals surface area contributed by atoms with Crippen molar-refractivity contribution < 1.29 is 23.2 Å². The van der Waals surface area contributed by atoms with Crippen LogP contribution in [0.4, 0.5) is 5.69 Å². The van der Waals surface area contributed by atoms with Gasteiger partial charge in [-0.2, -0.15) is 0 Å². The van der Waals surface area contributed by atoms with Crippen LogP contribution in [-0.2, 0) is 10.0 Å². The van der Waals surface area contributed by atoms with Crippen LogP contribution in [0.2, 0.25) is 0 Å². The van der Waals surface area contributed by atoms with Crippen LogP contribution >= 0.6 is 0 Å². The molecule has 0 bridgehead atoms. The summed E-state index contributed by atoms with van der Waals surface area (Å²) < 4.78 is 32.0. The van der Waals surface area contributed by atoms with Gasteiger partial charge in [-0.25, -0.2) is 13.4 Å². The predicted molar refractivity (Wildman–Crippen MR) is 77.9 cm³/mol. The predicted octanol–water partition coefficient (Wildman–Crippen LogP) is -0.429. The van der Waals surface area contributed by atoms with Gasteiger partial charge in [-0.1, -0.05) is 18.2 Å². The molecule has 0 aliphatic carbocycles. The van der Waals surface area contributed by atoms with Gasteiger partial charge < -0.3 is 14.8 Å².